The molecule has 9 heteroatoms. The monoisotopic (exact) mass is 417 g/mol. The van der Waals surface area contributed by atoms with Gasteiger partial charge in [-0.1, -0.05) is 24.3 Å². The predicted molar refractivity (Wildman–Crippen MR) is 108 cm³/mol. The van der Waals surface area contributed by atoms with E-state index in [9.17, 15) is 18.5 Å². The highest BCUT2D eigenvalue weighted by Gasteiger charge is 2.34. The first kappa shape index (κ1) is 19.8. The second kappa shape index (κ2) is 7.74. The summed E-state index contributed by atoms with van der Waals surface area (Å²) in [5, 5.41) is 11.0. The molecule has 2 heterocycles. The maximum absolute atomic E-state index is 13.0. The van der Waals surface area contributed by atoms with Crippen LogP contribution < -0.4 is 4.90 Å². The number of rotatable bonds is 4. The lowest BCUT2D eigenvalue weighted by Crippen LogP contribution is -2.48. The zero-order valence-corrected chi connectivity index (χ0v) is 17.0. The third kappa shape index (κ3) is 3.73. The van der Waals surface area contributed by atoms with Crippen molar-refractivity contribution in [1.29, 1.82) is 0 Å². The van der Waals surface area contributed by atoms with Gasteiger partial charge in [0.2, 0.25) is 10.0 Å². The van der Waals surface area contributed by atoms with Crippen LogP contribution in [0.5, 0.6) is 0 Å². The number of nitro groups is 1. The van der Waals surface area contributed by atoms with Crippen molar-refractivity contribution >= 4 is 21.4 Å². The second-order valence-corrected chi connectivity index (χ2v) is 9.36. The van der Waals surface area contributed by atoms with Gasteiger partial charge >= 0.3 is 0 Å². The molecule has 0 amide bonds. The molecule has 8 nitrogen and oxygen atoms in total. The summed E-state index contributed by atoms with van der Waals surface area (Å²) >= 11 is 0. The number of sulfonamides is 1. The largest absolute Gasteiger partial charge is 0.356 e. The van der Waals surface area contributed by atoms with Gasteiger partial charge in [0.05, 0.1) is 16.4 Å². The van der Waals surface area contributed by atoms with Crippen molar-refractivity contribution in [2.45, 2.75) is 37.3 Å². The summed E-state index contributed by atoms with van der Waals surface area (Å²) in [5.41, 5.74) is 3.32. The van der Waals surface area contributed by atoms with Crippen LogP contribution in [0.1, 0.15) is 24.0 Å². The van der Waals surface area contributed by atoms with Crippen molar-refractivity contribution in [1.82, 2.24) is 4.31 Å². The minimum Gasteiger partial charge on any atom is -0.356 e. The minimum absolute atomic E-state index is 0.0346. The molecule has 0 unspecified atom stereocenters. The SMILES string of the molecule is Cc1cccc2c1N(C1CCN(S(=O)(=O)c3cccc([N+](=O)[O-])c3)CC1)COC2. The molecule has 29 heavy (non-hydrogen) atoms. The minimum atomic E-state index is -3.76. The fraction of sp³-hybridized carbons (Fsp3) is 0.400. The van der Waals surface area contributed by atoms with Gasteiger partial charge in [-0.05, 0) is 31.4 Å². The Morgan fingerprint density at radius 3 is 2.59 bits per heavy atom. The molecule has 4 rings (SSSR count). The number of hydrogen-bond donors (Lipinski definition) is 0. The number of nitro benzene ring substituents is 1. The Hall–Kier alpha value is -2.49. The number of benzene rings is 2. The molecule has 0 saturated carbocycles. The third-order valence-corrected chi connectivity index (χ3v) is 7.52. The van der Waals surface area contributed by atoms with Crippen molar-refractivity contribution in [3.63, 3.8) is 0 Å². The molecule has 2 aromatic carbocycles. The number of hydrogen-bond acceptors (Lipinski definition) is 6. The summed E-state index contributed by atoms with van der Waals surface area (Å²) < 4.78 is 33.1. The van der Waals surface area contributed by atoms with Gasteiger partial charge in [-0.15, -0.1) is 0 Å². The van der Waals surface area contributed by atoms with Crippen LogP contribution in [-0.2, 0) is 21.4 Å². The molecule has 2 aliphatic heterocycles. The molecule has 0 N–H and O–H groups in total. The van der Waals surface area contributed by atoms with E-state index < -0.39 is 14.9 Å². The Balaban J connectivity index is 1.51. The quantitative estimate of drug-likeness (QED) is 0.561. The van der Waals surface area contributed by atoms with Gasteiger partial charge in [0, 0.05) is 42.5 Å². The molecule has 0 spiro atoms. The van der Waals surface area contributed by atoms with Crippen molar-refractivity contribution < 1.29 is 18.1 Å². The Morgan fingerprint density at radius 2 is 1.86 bits per heavy atom. The first-order valence-electron chi connectivity index (χ1n) is 9.55. The van der Waals surface area contributed by atoms with Crippen LogP contribution in [0.4, 0.5) is 11.4 Å². The van der Waals surface area contributed by atoms with Gasteiger partial charge in [0.1, 0.15) is 6.73 Å². The fourth-order valence-electron chi connectivity index (χ4n) is 4.15. The van der Waals surface area contributed by atoms with Crippen LogP contribution in [0.3, 0.4) is 0 Å². The smallest absolute Gasteiger partial charge is 0.270 e. The number of fused-ring (bicyclic) bond motifs is 1. The molecule has 1 saturated heterocycles. The average Bonchev–Trinajstić information content (AvgIpc) is 2.74. The van der Waals surface area contributed by atoms with Gasteiger partial charge in [-0.2, -0.15) is 4.31 Å². The van der Waals surface area contributed by atoms with Gasteiger partial charge in [0.25, 0.3) is 5.69 Å². The van der Waals surface area contributed by atoms with E-state index in [1.807, 2.05) is 6.07 Å². The first-order chi connectivity index (χ1) is 13.9. The Morgan fingerprint density at radius 1 is 1.14 bits per heavy atom. The predicted octanol–water partition coefficient (Wildman–Crippen LogP) is 3.05. The van der Waals surface area contributed by atoms with Crippen molar-refractivity contribution in [2.24, 2.45) is 0 Å². The Labute approximate surface area is 169 Å². The lowest BCUT2D eigenvalue weighted by atomic mass is 10.00. The van der Waals surface area contributed by atoms with E-state index in [2.05, 4.69) is 24.0 Å². The molecule has 0 aromatic heterocycles. The zero-order chi connectivity index (χ0) is 20.6. The highest BCUT2D eigenvalue weighted by atomic mass is 32.2. The molecular formula is C20H23N3O5S. The lowest BCUT2D eigenvalue weighted by molar-refractivity contribution is -0.385. The molecule has 1 fully saturated rings. The molecule has 154 valence electrons. The lowest BCUT2D eigenvalue weighted by Gasteiger charge is -2.42. The second-order valence-electron chi connectivity index (χ2n) is 7.42. The van der Waals surface area contributed by atoms with Crippen LogP contribution in [0.25, 0.3) is 0 Å². The van der Waals surface area contributed by atoms with Gasteiger partial charge in [0.15, 0.2) is 0 Å². The van der Waals surface area contributed by atoms with E-state index in [-0.39, 0.29) is 16.6 Å². The van der Waals surface area contributed by atoms with Crippen LogP contribution in [0.2, 0.25) is 0 Å². The maximum atomic E-state index is 13.0. The highest BCUT2D eigenvalue weighted by molar-refractivity contribution is 7.89. The van der Waals surface area contributed by atoms with Gasteiger partial charge in [-0.25, -0.2) is 8.42 Å². The van der Waals surface area contributed by atoms with Crippen LogP contribution in [0.15, 0.2) is 47.4 Å². The van der Waals surface area contributed by atoms with E-state index in [0.717, 1.165) is 11.6 Å². The number of ether oxygens (including phenoxy) is 1. The summed E-state index contributed by atoms with van der Waals surface area (Å²) in [5.74, 6) is 0. The first-order valence-corrected chi connectivity index (χ1v) is 11.0. The Kier molecular flexibility index (Phi) is 5.28. The van der Waals surface area contributed by atoms with E-state index in [0.29, 0.717) is 39.3 Å². The van der Waals surface area contributed by atoms with E-state index >= 15 is 0 Å². The van der Waals surface area contributed by atoms with Gasteiger partial charge < -0.3 is 9.64 Å². The molecule has 0 bridgehead atoms. The molecule has 0 atom stereocenters. The molecule has 2 aromatic rings. The van der Waals surface area contributed by atoms with Crippen LogP contribution in [-0.4, -0.2) is 43.5 Å². The normalized spacial score (nSPS) is 18.4. The zero-order valence-electron chi connectivity index (χ0n) is 16.2. The summed E-state index contributed by atoms with van der Waals surface area (Å²) in [4.78, 5) is 12.6. The fourth-order valence-corrected chi connectivity index (χ4v) is 5.66. The number of nitrogens with zero attached hydrogens (tertiary/aromatic N) is 3. The van der Waals surface area contributed by atoms with E-state index in [1.54, 1.807) is 0 Å². The summed E-state index contributed by atoms with van der Waals surface area (Å²) in [7, 11) is -3.76. The Bertz CT molecular complexity index is 1030. The average molecular weight is 417 g/mol. The van der Waals surface area contributed by atoms with E-state index in [1.165, 1.54) is 33.8 Å². The summed E-state index contributed by atoms with van der Waals surface area (Å²) in [6.45, 7) is 3.91. The molecule has 2 aliphatic rings. The molecule has 0 radical (unpaired) electrons. The van der Waals surface area contributed by atoms with E-state index in [4.69, 9.17) is 4.74 Å². The van der Waals surface area contributed by atoms with Crippen molar-refractivity contribution in [2.75, 3.05) is 24.7 Å². The van der Waals surface area contributed by atoms with Crippen molar-refractivity contribution in [3.05, 3.63) is 63.7 Å². The van der Waals surface area contributed by atoms with Crippen molar-refractivity contribution in [3.8, 4) is 0 Å². The van der Waals surface area contributed by atoms with Gasteiger partial charge in [-0.3, -0.25) is 10.1 Å². The van der Waals surface area contributed by atoms with Crippen LogP contribution >= 0.6 is 0 Å². The summed E-state index contributed by atoms with van der Waals surface area (Å²) in [6, 6.07) is 11.6. The number of aryl methyl sites for hydroxylation is 1. The number of non-ortho nitro benzene ring substituents is 1. The molecular weight excluding hydrogens is 394 g/mol. The highest BCUT2D eigenvalue weighted by Crippen LogP contribution is 2.34. The topological polar surface area (TPSA) is 93.0 Å². The maximum Gasteiger partial charge on any atom is 0.270 e. The summed E-state index contributed by atoms with van der Waals surface area (Å²) in [6.07, 6.45) is 1.34. The third-order valence-electron chi connectivity index (χ3n) is 5.63. The standard InChI is InChI=1S/C20H23N3O5S/c1-15-4-2-5-16-13-28-14-22(20(15)16)17-8-10-21(11-9-17)29(26,27)19-7-3-6-18(12-19)23(24)25/h2-7,12,17H,8-11,13-14H2,1H3. The van der Waals surface area contributed by atoms with Crippen LogP contribution in [0, 0.1) is 17.0 Å². The number of anilines is 1. The number of para-hydroxylation sites is 1. The molecule has 0 aliphatic carbocycles. The number of piperidine rings is 1.